The van der Waals surface area contributed by atoms with Gasteiger partial charge in [0.2, 0.25) is 0 Å². The zero-order chi connectivity index (χ0) is 18.5. The van der Waals surface area contributed by atoms with Gasteiger partial charge in [-0.3, -0.25) is 0 Å². The second-order valence-corrected chi connectivity index (χ2v) is 5.10. The van der Waals surface area contributed by atoms with Gasteiger partial charge < -0.3 is 14.6 Å². The lowest BCUT2D eigenvalue weighted by atomic mass is 10.2. The van der Waals surface area contributed by atoms with Crippen LogP contribution in [-0.2, 0) is 23.9 Å². The number of hydrogen-bond donors (Lipinski definition) is 1. The third-order valence-corrected chi connectivity index (χ3v) is 1.46. The van der Waals surface area contributed by atoms with E-state index in [0.29, 0.717) is 11.1 Å². The van der Waals surface area contributed by atoms with Crippen LogP contribution in [0.15, 0.2) is 37.0 Å². The highest BCUT2D eigenvalue weighted by Gasteiger charge is 2.15. The van der Waals surface area contributed by atoms with Crippen LogP contribution < -0.4 is 0 Å². The predicted octanol–water partition coefficient (Wildman–Crippen LogP) is 2.90. The van der Waals surface area contributed by atoms with Crippen molar-refractivity contribution in [3.8, 4) is 0 Å². The molecule has 0 fully saturated rings. The van der Waals surface area contributed by atoms with E-state index < -0.39 is 11.6 Å². The Morgan fingerprint density at radius 3 is 1.36 bits per heavy atom. The lowest BCUT2D eigenvalue weighted by Crippen LogP contribution is -2.23. The maximum Gasteiger partial charge on any atom is 0.333 e. The molecule has 1 N–H and O–H groups in total. The zero-order valence-electron chi connectivity index (χ0n) is 14.2. The van der Waals surface area contributed by atoms with Gasteiger partial charge in [-0.15, -0.1) is 0 Å². The molecule has 0 bridgehead atoms. The highest BCUT2D eigenvalue weighted by molar-refractivity contribution is 5.87. The number of carboxylic acids is 1. The van der Waals surface area contributed by atoms with E-state index in [4.69, 9.17) is 9.84 Å². The molecule has 0 aromatic heterocycles. The summed E-state index contributed by atoms with van der Waals surface area (Å²) < 4.78 is 9.23. The second-order valence-electron chi connectivity index (χ2n) is 5.10. The molecule has 0 aromatic rings. The van der Waals surface area contributed by atoms with Crippen molar-refractivity contribution in [3.63, 3.8) is 0 Å². The van der Waals surface area contributed by atoms with Gasteiger partial charge >= 0.3 is 17.9 Å². The van der Waals surface area contributed by atoms with Gasteiger partial charge in [-0.1, -0.05) is 19.7 Å². The maximum absolute atomic E-state index is 10.8. The van der Waals surface area contributed by atoms with Gasteiger partial charge in [-0.25, -0.2) is 14.4 Å². The van der Waals surface area contributed by atoms with E-state index in [1.165, 1.54) is 7.11 Å². The molecule has 0 saturated carbocycles. The fraction of sp³-hybridized carbons (Fsp3) is 0.438. The first kappa shape index (κ1) is 24.6. The minimum absolute atomic E-state index is 0.326. The molecule has 0 aromatic carbocycles. The largest absolute Gasteiger partial charge is 0.478 e. The number of aliphatic carboxylic acids is 1. The molecule has 0 radical (unpaired) electrons. The first-order valence-corrected chi connectivity index (χ1v) is 6.26. The second kappa shape index (κ2) is 12.4. The normalized spacial score (nSPS) is 8.82. The number of carboxylic acid groups (broad SMARTS) is 1. The quantitative estimate of drug-likeness (QED) is 0.636. The van der Waals surface area contributed by atoms with E-state index in [9.17, 15) is 14.4 Å². The molecule has 0 amide bonds. The van der Waals surface area contributed by atoms with Gasteiger partial charge in [0.25, 0.3) is 0 Å². The van der Waals surface area contributed by atoms with Gasteiger partial charge in [0.15, 0.2) is 0 Å². The van der Waals surface area contributed by atoms with Crippen LogP contribution in [0.25, 0.3) is 0 Å². The van der Waals surface area contributed by atoms with Crippen molar-refractivity contribution >= 4 is 17.9 Å². The Labute approximate surface area is 132 Å². The Balaban J connectivity index is -0.000000263. The zero-order valence-corrected chi connectivity index (χ0v) is 14.2. The highest BCUT2D eigenvalue weighted by Crippen LogP contribution is 2.09. The minimum atomic E-state index is -0.981. The molecule has 0 unspecified atom stereocenters. The Kier molecular flexibility index (Phi) is 13.9. The highest BCUT2D eigenvalue weighted by atomic mass is 16.6. The van der Waals surface area contributed by atoms with Gasteiger partial charge in [-0.2, -0.15) is 0 Å². The molecular formula is C16H26O6. The third-order valence-electron chi connectivity index (χ3n) is 1.46. The lowest BCUT2D eigenvalue weighted by molar-refractivity contribution is -0.149. The van der Waals surface area contributed by atoms with Crippen molar-refractivity contribution < 1.29 is 29.0 Å². The van der Waals surface area contributed by atoms with Gasteiger partial charge in [0.1, 0.15) is 5.60 Å². The van der Waals surface area contributed by atoms with Crippen LogP contribution in [0.3, 0.4) is 0 Å². The molecule has 0 spiro atoms. The molecule has 0 heterocycles. The lowest BCUT2D eigenvalue weighted by Gasteiger charge is -2.19. The van der Waals surface area contributed by atoms with E-state index in [1.807, 2.05) is 20.8 Å². The average Bonchev–Trinajstić information content (AvgIpc) is 2.36. The van der Waals surface area contributed by atoms with Crippen LogP contribution >= 0.6 is 0 Å². The maximum atomic E-state index is 10.8. The van der Waals surface area contributed by atoms with E-state index in [1.54, 1.807) is 13.8 Å². The third kappa shape index (κ3) is 22.8. The van der Waals surface area contributed by atoms with Gasteiger partial charge in [-0.05, 0) is 34.6 Å². The molecule has 0 saturated heterocycles. The predicted molar refractivity (Wildman–Crippen MR) is 85.3 cm³/mol. The van der Waals surface area contributed by atoms with Gasteiger partial charge in [0.05, 0.1) is 7.11 Å². The van der Waals surface area contributed by atoms with E-state index in [-0.39, 0.29) is 11.9 Å². The monoisotopic (exact) mass is 314 g/mol. The molecule has 0 aliphatic rings. The van der Waals surface area contributed by atoms with Crippen molar-refractivity contribution in [2.45, 2.75) is 40.2 Å². The topological polar surface area (TPSA) is 89.9 Å². The van der Waals surface area contributed by atoms with Crippen molar-refractivity contribution in [2.75, 3.05) is 7.11 Å². The number of carbonyl (C=O) groups is 3. The van der Waals surface area contributed by atoms with Crippen LogP contribution in [0.1, 0.15) is 34.6 Å². The summed E-state index contributed by atoms with van der Waals surface area (Å²) in [5, 5.41) is 7.60. The summed E-state index contributed by atoms with van der Waals surface area (Å²) >= 11 is 0. The van der Waals surface area contributed by atoms with Crippen molar-refractivity contribution in [1.29, 1.82) is 0 Å². The molecule has 0 atom stereocenters. The molecule has 6 nitrogen and oxygen atoms in total. The number of ether oxygens (including phenoxy) is 2. The average molecular weight is 314 g/mol. The molecule has 0 aliphatic heterocycles. The Morgan fingerprint density at radius 2 is 1.32 bits per heavy atom. The molecule has 22 heavy (non-hydrogen) atoms. The SMILES string of the molecule is C=C(C)C(=O)OC.C=C(C)C(=O)OC(C)(C)C.C=CC(=O)O. The summed E-state index contributed by atoms with van der Waals surface area (Å²) in [5.41, 5.74) is 0.466. The van der Waals surface area contributed by atoms with Crippen molar-refractivity contribution in [3.05, 3.63) is 37.0 Å². The number of carbonyl (C=O) groups excluding carboxylic acids is 2. The van der Waals surface area contributed by atoms with E-state index in [2.05, 4.69) is 24.5 Å². The van der Waals surface area contributed by atoms with Crippen LogP contribution in [0.5, 0.6) is 0 Å². The molecule has 126 valence electrons. The number of methoxy groups -OCH3 is 1. The standard InChI is InChI=1S/C8H14O2.C5H8O2.C3H4O2/c1-6(2)7(9)10-8(3,4)5;1-4(2)5(6)7-3;1-2-3(4)5/h1H2,2-5H3;1H2,2-3H3;2H,1H2,(H,4,5). The van der Waals surface area contributed by atoms with Crippen LogP contribution in [0.2, 0.25) is 0 Å². The molecule has 0 aliphatic carbocycles. The van der Waals surface area contributed by atoms with Gasteiger partial charge in [0, 0.05) is 17.2 Å². The fourth-order valence-corrected chi connectivity index (χ4v) is 0.539. The van der Waals surface area contributed by atoms with E-state index in [0.717, 1.165) is 6.08 Å². The molecular weight excluding hydrogens is 288 g/mol. The van der Waals surface area contributed by atoms with Crippen LogP contribution in [0.4, 0.5) is 0 Å². The summed E-state index contributed by atoms with van der Waals surface area (Å²) in [5.74, 6) is -1.66. The Bertz CT molecular complexity index is 426. The number of rotatable bonds is 3. The van der Waals surface area contributed by atoms with Crippen LogP contribution in [0, 0.1) is 0 Å². The first-order chi connectivity index (χ1) is 9.78. The number of esters is 2. The smallest absolute Gasteiger partial charge is 0.333 e. The fourth-order valence-electron chi connectivity index (χ4n) is 0.539. The Morgan fingerprint density at radius 1 is 1.00 bits per heavy atom. The summed E-state index contributed by atoms with van der Waals surface area (Å²) in [6.45, 7) is 18.5. The van der Waals surface area contributed by atoms with E-state index >= 15 is 0 Å². The molecule has 6 heteroatoms. The summed E-state index contributed by atoms with van der Waals surface area (Å²) in [6.07, 6.45) is 0.833. The number of hydrogen-bond acceptors (Lipinski definition) is 5. The van der Waals surface area contributed by atoms with Crippen molar-refractivity contribution in [2.24, 2.45) is 0 Å². The minimum Gasteiger partial charge on any atom is -0.478 e. The molecule has 0 rings (SSSR count). The van der Waals surface area contributed by atoms with Crippen LogP contribution in [-0.4, -0.2) is 35.7 Å². The Hall–Kier alpha value is -2.37. The summed E-state index contributed by atoms with van der Waals surface area (Å²) in [7, 11) is 1.33. The first-order valence-electron chi connectivity index (χ1n) is 6.26. The van der Waals surface area contributed by atoms with Crippen molar-refractivity contribution in [1.82, 2.24) is 0 Å². The summed E-state index contributed by atoms with van der Waals surface area (Å²) in [6, 6.07) is 0. The summed E-state index contributed by atoms with van der Waals surface area (Å²) in [4.78, 5) is 30.3.